The largest absolute Gasteiger partial charge is 0.396 e. The number of aliphatic hydroxyl groups excluding tert-OH is 2. The first-order valence-electron chi connectivity index (χ1n) is 8.37. The smallest absolute Gasteiger partial charge is 0.134 e. The zero-order valence-electron chi connectivity index (χ0n) is 13.0. The highest BCUT2D eigenvalue weighted by Gasteiger charge is 2.22. The van der Waals surface area contributed by atoms with E-state index in [1.54, 1.807) is 6.33 Å². The van der Waals surface area contributed by atoms with E-state index in [4.69, 9.17) is 0 Å². The Labute approximate surface area is 131 Å². The first kappa shape index (κ1) is 15.5. The molecule has 1 aliphatic heterocycles. The number of hydrogen-bond donors (Lipinski definition) is 3. The van der Waals surface area contributed by atoms with Crippen molar-refractivity contribution in [2.45, 2.75) is 50.7 Å². The predicted molar refractivity (Wildman–Crippen MR) is 85.9 cm³/mol. The van der Waals surface area contributed by atoms with Gasteiger partial charge < -0.3 is 20.4 Å². The maximum atomic E-state index is 9.60. The van der Waals surface area contributed by atoms with Gasteiger partial charge in [0.15, 0.2) is 0 Å². The van der Waals surface area contributed by atoms with Crippen LogP contribution >= 0.6 is 0 Å². The number of hydrogen-bond acceptors (Lipinski definition) is 6. The van der Waals surface area contributed by atoms with Crippen molar-refractivity contribution in [1.82, 2.24) is 9.97 Å². The summed E-state index contributed by atoms with van der Waals surface area (Å²) in [5.41, 5.74) is 0. The van der Waals surface area contributed by atoms with E-state index in [9.17, 15) is 10.2 Å². The van der Waals surface area contributed by atoms with E-state index >= 15 is 0 Å². The number of nitrogens with one attached hydrogen (secondary N) is 1. The maximum Gasteiger partial charge on any atom is 0.134 e. The second-order valence-corrected chi connectivity index (χ2v) is 6.54. The van der Waals surface area contributed by atoms with Gasteiger partial charge in [-0.05, 0) is 38.0 Å². The molecule has 1 saturated heterocycles. The first-order chi connectivity index (χ1) is 10.7. The van der Waals surface area contributed by atoms with Crippen LogP contribution in [0.1, 0.15) is 38.5 Å². The third kappa shape index (κ3) is 3.87. The van der Waals surface area contributed by atoms with Crippen LogP contribution in [-0.4, -0.2) is 52.0 Å². The third-order valence-corrected chi connectivity index (χ3v) is 4.83. The Hall–Kier alpha value is -1.40. The van der Waals surface area contributed by atoms with Crippen molar-refractivity contribution in [3.8, 4) is 0 Å². The van der Waals surface area contributed by atoms with Gasteiger partial charge in [-0.1, -0.05) is 6.42 Å². The molecule has 1 aromatic rings. The Balaban J connectivity index is 1.61. The van der Waals surface area contributed by atoms with Crippen LogP contribution in [0.5, 0.6) is 0 Å². The second kappa shape index (κ2) is 7.24. The van der Waals surface area contributed by atoms with Gasteiger partial charge in [0.05, 0.1) is 6.10 Å². The number of aliphatic hydroxyl groups is 2. The molecule has 22 heavy (non-hydrogen) atoms. The molecule has 2 atom stereocenters. The molecule has 3 N–H and O–H groups in total. The standard InChI is InChI=1S/C16H26N4O2/c21-10-12-2-1-3-13(8-12)19-15-9-16(18-11-17-15)20-6-4-14(22)5-7-20/h9,11-14,21-22H,1-8,10H2,(H,17,18,19)/t12-,13-/m1/s1. The zero-order chi connectivity index (χ0) is 15.4. The molecular weight excluding hydrogens is 280 g/mol. The molecule has 2 fully saturated rings. The van der Waals surface area contributed by atoms with Crippen molar-refractivity contribution in [3.05, 3.63) is 12.4 Å². The van der Waals surface area contributed by atoms with Gasteiger partial charge in [-0.15, -0.1) is 0 Å². The monoisotopic (exact) mass is 306 g/mol. The fourth-order valence-electron chi connectivity index (χ4n) is 3.49. The van der Waals surface area contributed by atoms with Crippen molar-refractivity contribution in [2.75, 3.05) is 29.9 Å². The van der Waals surface area contributed by atoms with E-state index in [-0.39, 0.29) is 12.7 Å². The lowest BCUT2D eigenvalue weighted by Gasteiger charge is -2.31. The van der Waals surface area contributed by atoms with Gasteiger partial charge >= 0.3 is 0 Å². The molecule has 0 aromatic carbocycles. The Morgan fingerprint density at radius 3 is 2.77 bits per heavy atom. The molecule has 1 saturated carbocycles. The molecule has 0 radical (unpaired) electrons. The Morgan fingerprint density at radius 2 is 2.00 bits per heavy atom. The summed E-state index contributed by atoms with van der Waals surface area (Å²) in [7, 11) is 0. The van der Waals surface area contributed by atoms with Crippen molar-refractivity contribution >= 4 is 11.6 Å². The lowest BCUT2D eigenvalue weighted by molar-refractivity contribution is 0.145. The molecule has 3 rings (SSSR count). The van der Waals surface area contributed by atoms with Crippen molar-refractivity contribution in [1.29, 1.82) is 0 Å². The van der Waals surface area contributed by atoms with Crippen molar-refractivity contribution in [2.24, 2.45) is 5.92 Å². The van der Waals surface area contributed by atoms with Crippen LogP contribution in [0.25, 0.3) is 0 Å². The van der Waals surface area contributed by atoms with E-state index in [0.717, 1.165) is 63.3 Å². The molecule has 0 amide bonds. The average molecular weight is 306 g/mol. The van der Waals surface area contributed by atoms with Gasteiger partial charge in [0.2, 0.25) is 0 Å². The molecule has 122 valence electrons. The van der Waals surface area contributed by atoms with Gasteiger partial charge in [-0.3, -0.25) is 0 Å². The molecule has 0 spiro atoms. The minimum absolute atomic E-state index is 0.173. The second-order valence-electron chi connectivity index (χ2n) is 6.54. The Morgan fingerprint density at radius 1 is 1.18 bits per heavy atom. The number of piperidine rings is 1. The molecule has 1 aromatic heterocycles. The van der Waals surface area contributed by atoms with Crippen LogP contribution in [0.15, 0.2) is 12.4 Å². The highest BCUT2D eigenvalue weighted by molar-refractivity contribution is 5.49. The summed E-state index contributed by atoms with van der Waals surface area (Å²) in [4.78, 5) is 10.9. The summed E-state index contributed by atoms with van der Waals surface area (Å²) >= 11 is 0. The molecule has 1 aliphatic carbocycles. The Bertz CT molecular complexity index is 477. The summed E-state index contributed by atoms with van der Waals surface area (Å²) in [6.07, 6.45) is 7.45. The van der Waals surface area contributed by atoms with Crippen LogP contribution in [0.4, 0.5) is 11.6 Å². The maximum absolute atomic E-state index is 9.60. The number of anilines is 2. The number of nitrogens with zero attached hydrogens (tertiary/aromatic N) is 3. The SMILES string of the molecule is OC[C@@H]1CCC[C@@H](Nc2cc(N3CCC(O)CC3)ncn2)C1. The van der Waals surface area contributed by atoms with E-state index in [2.05, 4.69) is 20.2 Å². The third-order valence-electron chi connectivity index (χ3n) is 4.83. The van der Waals surface area contributed by atoms with Crippen LogP contribution in [0, 0.1) is 5.92 Å². The molecule has 2 aliphatic rings. The summed E-state index contributed by atoms with van der Waals surface area (Å²) in [6.45, 7) is 1.96. The zero-order valence-corrected chi connectivity index (χ0v) is 13.0. The summed E-state index contributed by atoms with van der Waals surface area (Å²) in [5.74, 6) is 2.20. The van der Waals surface area contributed by atoms with Gasteiger partial charge in [0.1, 0.15) is 18.0 Å². The van der Waals surface area contributed by atoms with Crippen LogP contribution < -0.4 is 10.2 Å². The van der Waals surface area contributed by atoms with Crippen molar-refractivity contribution < 1.29 is 10.2 Å². The van der Waals surface area contributed by atoms with Gasteiger partial charge in [-0.25, -0.2) is 9.97 Å². The van der Waals surface area contributed by atoms with Crippen LogP contribution in [0.3, 0.4) is 0 Å². The lowest BCUT2D eigenvalue weighted by Crippen LogP contribution is -2.36. The minimum atomic E-state index is -0.173. The van der Waals surface area contributed by atoms with Crippen LogP contribution in [-0.2, 0) is 0 Å². The van der Waals surface area contributed by atoms with E-state index in [1.165, 1.54) is 0 Å². The van der Waals surface area contributed by atoms with E-state index in [0.29, 0.717) is 12.0 Å². The van der Waals surface area contributed by atoms with Gasteiger partial charge in [-0.2, -0.15) is 0 Å². The lowest BCUT2D eigenvalue weighted by atomic mass is 9.86. The number of aromatic nitrogens is 2. The fourth-order valence-corrected chi connectivity index (χ4v) is 3.49. The van der Waals surface area contributed by atoms with Crippen molar-refractivity contribution in [3.63, 3.8) is 0 Å². The van der Waals surface area contributed by atoms with Crippen LogP contribution in [0.2, 0.25) is 0 Å². The molecule has 6 nitrogen and oxygen atoms in total. The molecule has 6 heteroatoms. The molecule has 0 unspecified atom stereocenters. The quantitative estimate of drug-likeness (QED) is 0.780. The number of rotatable bonds is 4. The van der Waals surface area contributed by atoms with E-state index in [1.807, 2.05) is 6.07 Å². The van der Waals surface area contributed by atoms with E-state index < -0.39 is 0 Å². The molecule has 0 bridgehead atoms. The first-order valence-corrected chi connectivity index (χ1v) is 8.37. The minimum Gasteiger partial charge on any atom is -0.396 e. The topological polar surface area (TPSA) is 81.5 Å². The van der Waals surface area contributed by atoms with Gasteiger partial charge in [0, 0.05) is 31.8 Å². The summed E-state index contributed by atoms with van der Waals surface area (Å²) in [6, 6.07) is 2.39. The molecular formula is C16H26N4O2. The summed E-state index contributed by atoms with van der Waals surface area (Å²) < 4.78 is 0. The average Bonchev–Trinajstić information content (AvgIpc) is 2.56. The Kier molecular flexibility index (Phi) is 5.10. The summed E-state index contributed by atoms with van der Waals surface area (Å²) in [5, 5.41) is 22.4. The normalized spacial score (nSPS) is 26.9. The predicted octanol–water partition coefficient (Wildman–Crippen LogP) is 1.40. The molecule has 2 heterocycles. The fraction of sp³-hybridized carbons (Fsp3) is 0.750. The van der Waals surface area contributed by atoms with Gasteiger partial charge in [0.25, 0.3) is 0 Å². The highest BCUT2D eigenvalue weighted by Crippen LogP contribution is 2.27. The highest BCUT2D eigenvalue weighted by atomic mass is 16.3.